The fourth-order valence-corrected chi connectivity index (χ4v) is 2.95. The second-order valence-corrected chi connectivity index (χ2v) is 5.23. The summed E-state index contributed by atoms with van der Waals surface area (Å²) >= 11 is 0. The van der Waals surface area contributed by atoms with Gasteiger partial charge in [0.25, 0.3) is 5.91 Å². The first-order valence-electron chi connectivity index (χ1n) is 6.62. The van der Waals surface area contributed by atoms with Crippen molar-refractivity contribution in [2.24, 2.45) is 7.05 Å². The molecular formula is C15H17FN2O. The number of fused-ring (bicyclic) bond motifs is 3. The number of halogens is 1. The molecule has 0 fully saturated rings. The normalized spacial score (nSPS) is 16.4. The highest BCUT2D eigenvalue weighted by Gasteiger charge is 2.25. The van der Waals surface area contributed by atoms with Crippen molar-refractivity contribution in [3.63, 3.8) is 0 Å². The Hall–Kier alpha value is -1.84. The molecule has 0 saturated carbocycles. The van der Waals surface area contributed by atoms with E-state index in [4.69, 9.17) is 0 Å². The Bertz CT molecular complexity index is 660. The minimum atomic E-state index is -0.247. The van der Waals surface area contributed by atoms with Crippen LogP contribution in [0.25, 0.3) is 10.9 Å². The molecule has 1 aliphatic heterocycles. The molecule has 0 N–H and O–H groups in total. The monoisotopic (exact) mass is 260 g/mol. The third-order valence-electron chi connectivity index (χ3n) is 3.99. The lowest BCUT2D eigenvalue weighted by Gasteiger charge is -2.21. The molecule has 0 atom stereocenters. The first-order valence-corrected chi connectivity index (χ1v) is 6.62. The summed E-state index contributed by atoms with van der Waals surface area (Å²) in [5, 5.41) is 0.876. The van der Waals surface area contributed by atoms with Crippen molar-refractivity contribution in [3.05, 3.63) is 35.3 Å². The van der Waals surface area contributed by atoms with Crippen molar-refractivity contribution in [2.45, 2.75) is 19.3 Å². The number of nitrogens with zero attached hydrogens (tertiary/aromatic N) is 2. The predicted molar refractivity (Wildman–Crippen MR) is 72.8 cm³/mol. The second kappa shape index (κ2) is 4.37. The first-order chi connectivity index (χ1) is 9.09. The molecule has 0 unspecified atom stereocenters. The summed E-state index contributed by atoms with van der Waals surface area (Å²) in [6.07, 6.45) is 2.86. The number of carbonyl (C=O) groups is 1. The Balaban J connectivity index is 2.32. The summed E-state index contributed by atoms with van der Waals surface area (Å²) in [6.45, 7) is 0.786. The van der Waals surface area contributed by atoms with E-state index in [-0.39, 0.29) is 11.7 Å². The van der Waals surface area contributed by atoms with E-state index in [1.54, 1.807) is 17.0 Å². The van der Waals surface area contributed by atoms with E-state index < -0.39 is 0 Å². The largest absolute Gasteiger partial charge is 0.340 e. The maximum absolute atomic E-state index is 13.5. The van der Waals surface area contributed by atoms with Crippen LogP contribution in [0, 0.1) is 5.82 Å². The van der Waals surface area contributed by atoms with Gasteiger partial charge in [-0.15, -0.1) is 0 Å². The zero-order chi connectivity index (χ0) is 13.6. The van der Waals surface area contributed by atoms with Gasteiger partial charge in [0.05, 0.1) is 0 Å². The van der Waals surface area contributed by atoms with Gasteiger partial charge in [-0.2, -0.15) is 0 Å². The van der Waals surface area contributed by atoms with Gasteiger partial charge in [0.1, 0.15) is 11.5 Å². The third kappa shape index (κ3) is 1.82. The molecule has 4 heteroatoms. The van der Waals surface area contributed by atoms with E-state index >= 15 is 0 Å². The van der Waals surface area contributed by atoms with Gasteiger partial charge in [-0.05, 0) is 43.0 Å². The highest BCUT2D eigenvalue weighted by atomic mass is 19.1. The molecule has 3 rings (SSSR count). The molecule has 0 saturated heterocycles. The smallest absolute Gasteiger partial charge is 0.270 e. The van der Waals surface area contributed by atoms with Crippen LogP contribution in [0.4, 0.5) is 4.39 Å². The highest BCUT2D eigenvalue weighted by molar-refractivity contribution is 6.01. The summed E-state index contributed by atoms with van der Waals surface area (Å²) < 4.78 is 15.4. The summed E-state index contributed by atoms with van der Waals surface area (Å²) in [6, 6.07) is 4.75. The van der Waals surface area contributed by atoms with Crippen LogP contribution in [-0.2, 0) is 13.5 Å². The number of aromatic nitrogens is 1. The Morgan fingerprint density at radius 3 is 2.79 bits per heavy atom. The Morgan fingerprint density at radius 2 is 2.00 bits per heavy atom. The second-order valence-electron chi connectivity index (χ2n) is 5.23. The topological polar surface area (TPSA) is 25.2 Å². The van der Waals surface area contributed by atoms with Crippen LogP contribution in [0.5, 0.6) is 0 Å². The summed E-state index contributed by atoms with van der Waals surface area (Å²) in [4.78, 5) is 14.2. The maximum Gasteiger partial charge on any atom is 0.270 e. The lowest BCUT2D eigenvalue weighted by atomic mass is 10.0. The van der Waals surface area contributed by atoms with Gasteiger partial charge in [-0.3, -0.25) is 4.79 Å². The summed E-state index contributed by atoms with van der Waals surface area (Å²) in [5.74, 6) is -0.211. The third-order valence-corrected chi connectivity index (χ3v) is 3.99. The average Bonchev–Trinajstić information content (AvgIpc) is 2.64. The Labute approximate surface area is 111 Å². The van der Waals surface area contributed by atoms with Crippen LogP contribution in [0.3, 0.4) is 0 Å². The molecule has 2 heterocycles. The maximum atomic E-state index is 13.5. The molecule has 2 aromatic rings. The molecule has 1 amide bonds. The molecule has 0 radical (unpaired) electrons. The van der Waals surface area contributed by atoms with Gasteiger partial charge in [-0.25, -0.2) is 4.39 Å². The molecule has 0 aliphatic carbocycles. The zero-order valence-electron chi connectivity index (χ0n) is 11.2. The van der Waals surface area contributed by atoms with Gasteiger partial charge in [-0.1, -0.05) is 0 Å². The summed E-state index contributed by atoms with van der Waals surface area (Å²) in [7, 11) is 3.71. The van der Waals surface area contributed by atoms with Crippen molar-refractivity contribution in [3.8, 4) is 0 Å². The van der Waals surface area contributed by atoms with Crippen LogP contribution < -0.4 is 0 Å². The number of amides is 1. The van der Waals surface area contributed by atoms with Crippen molar-refractivity contribution in [1.82, 2.24) is 9.47 Å². The fourth-order valence-electron chi connectivity index (χ4n) is 2.95. The first kappa shape index (κ1) is 12.2. The molecular weight excluding hydrogens is 243 g/mol. The van der Waals surface area contributed by atoms with E-state index in [2.05, 4.69) is 0 Å². The minimum Gasteiger partial charge on any atom is -0.340 e. The number of benzene rings is 1. The van der Waals surface area contributed by atoms with Gasteiger partial charge < -0.3 is 9.47 Å². The molecule has 1 aliphatic rings. The predicted octanol–water partition coefficient (Wildman–Crippen LogP) is 2.73. The van der Waals surface area contributed by atoms with Crippen LogP contribution in [-0.4, -0.2) is 29.0 Å². The van der Waals surface area contributed by atoms with E-state index in [1.165, 1.54) is 6.07 Å². The standard InChI is InChI=1S/C15H17FN2O/c1-17-8-4-3-5-11-12-9-10(16)6-7-13(12)18(2)14(11)15(17)19/h6-7,9H,3-5,8H2,1-2H3. The van der Waals surface area contributed by atoms with E-state index in [0.717, 1.165) is 42.3 Å². The van der Waals surface area contributed by atoms with Gasteiger partial charge >= 0.3 is 0 Å². The number of rotatable bonds is 0. The van der Waals surface area contributed by atoms with Crippen molar-refractivity contribution in [1.29, 1.82) is 0 Å². The average molecular weight is 260 g/mol. The SMILES string of the molecule is CN1CCCCc2c(n(C)c3ccc(F)cc23)C1=O. The Kier molecular flexibility index (Phi) is 2.81. The molecule has 3 nitrogen and oxygen atoms in total. The molecule has 100 valence electrons. The van der Waals surface area contributed by atoms with Crippen molar-refractivity contribution >= 4 is 16.8 Å². The molecule has 19 heavy (non-hydrogen) atoms. The van der Waals surface area contributed by atoms with E-state index in [0.29, 0.717) is 5.69 Å². The molecule has 0 bridgehead atoms. The minimum absolute atomic E-state index is 0.0359. The van der Waals surface area contributed by atoms with Crippen LogP contribution >= 0.6 is 0 Å². The summed E-state index contributed by atoms with van der Waals surface area (Å²) in [5.41, 5.74) is 2.63. The van der Waals surface area contributed by atoms with Gasteiger partial charge in [0, 0.05) is 31.5 Å². The van der Waals surface area contributed by atoms with Crippen LogP contribution in [0.2, 0.25) is 0 Å². The quantitative estimate of drug-likeness (QED) is 0.715. The lowest BCUT2D eigenvalue weighted by Crippen LogP contribution is -2.31. The highest BCUT2D eigenvalue weighted by Crippen LogP contribution is 2.29. The van der Waals surface area contributed by atoms with Gasteiger partial charge in [0.2, 0.25) is 0 Å². The van der Waals surface area contributed by atoms with Crippen molar-refractivity contribution < 1.29 is 9.18 Å². The zero-order valence-corrected chi connectivity index (χ0v) is 11.2. The van der Waals surface area contributed by atoms with Crippen LogP contribution in [0.15, 0.2) is 18.2 Å². The number of hydrogen-bond acceptors (Lipinski definition) is 1. The molecule has 1 aromatic carbocycles. The Morgan fingerprint density at radius 1 is 1.21 bits per heavy atom. The fraction of sp³-hybridized carbons (Fsp3) is 0.400. The van der Waals surface area contributed by atoms with E-state index in [1.807, 2.05) is 18.7 Å². The van der Waals surface area contributed by atoms with E-state index in [9.17, 15) is 9.18 Å². The number of aryl methyl sites for hydroxylation is 2. The van der Waals surface area contributed by atoms with Crippen molar-refractivity contribution in [2.75, 3.05) is 13.6 Å². The molecule has 0 spiro atoms. The van der Waals surface area contributed by atoms with Crippen LogP contribution in [0.1, 0.15) is 28.9 Å². The lowest BCUT2D eigenvalue weighted by molar-refractivity contribution is 0.0778. The number of hydrogen-bond donors (Lipinski definition) is 0. The van der Waals surface area contributed by atoms with Gasteiger partial charge in [0.15, 0.2) is 0 Å². The molecule has 1 aromatic heterocycles. The number of carbonyl (C=O) groups excluding carboxylic acids is 1.